The molecule has 0 aromatic carbocycles. The summed E-state index contributed by atoms with van der Waals surface area (Å²) in [6, 6.07) is 0. The lowest BCUT2D eigenvalue weighted by Gasteiger charge is -2.37. The van der Waals surface area contributed by atoms with E-state index in [1.54, 1.807) is 0 Å². The quantitative estimate of drug-likeness (QED) is 0.0430. The van der Waals surface area contributed by atoms with Crippen molar-refractivity contribution in [2.75, 3.05) is 0 Å². The van der Waals surface area contributed by atoms with Gasteiger partial charge in [-0.25, -0.2) is 0 Å². The lowest BCUT2D eigenvalue weighted by molar-refractivity contribution is 0.160. The van der Waals surface area contributed by atoms with Crippen molar-refractivity contribution < 1.29 is 20.0 Å². The Kier molecular flexibility index (Phi) is 66.9. The molecular weight excluding hydrogens is 1670 g/mol. The average molecular weight is 1940 g/mol. The van der Waals surface area contributed by atoms with Crippen molar-refractivity contribution in [3.8, 4) is 0 Å². The van der Waals surface area contributed by atoms with Crippen molar-refractivity contribution in [2.45, 2.75) is 578 Å². The zero-order valence-corrected chi connectivity index (χ0v) is 95.9. The van der Waals surface area contributed by atoms with Crippen LogP contribution < -0.4 is 0 Å². The van der Waals surface area contributed by atoms with Crippen LogP contribution >= 0.6 is 0 Å². The Bertz CT molecular complexity index is 3120. The molecule has 14 saturated carbocycles. The molecular formula is C139H270. The predicted molar refractivity (Wildman–Crippen MR) is 654 cm³/mol. The summed E-state index contributed by atoms with van der Waals surface area (Å²) in [5, 5.41) is 0. The number of unbranched alkanes of at least 4 members (excludes halogenated alkanes) is 9. The van der Waals surface area contributed by atoms with Crippen molar-refractivity contribution in [3.63, 3.8) is 0 Å². The molecule has 14 aliphatic carbocycles. The summed E-state index contributed by atoms with van der Waals surface area (Å²) >= 11 is 0. The molecule has 14 aliphatic rings. The van der Waals surface area contributed by atoms with Gasteiger partial charge in [-0.2, -0.15) is 0 Å². The van der Waals surface area contributed by atoms with Crippen LogP contribution in [0.4, 0.5) is 0 Å². The van der Waals surface area contributed by atoms with Crippen LogP contribution in [0.5, 0.6) is 0 Å². The van der Waals surface area contributed by atoms with Crippen molar-refractivity contribution in [1.82, 2.24) is 0 Å². The Morgan fingerprint density at radius 2 is 0.266 bits per heavy atom. The first-order valence-electron chi connectivity index (χ1n) is 64.5. The maximum atomic E-state index is 2.55. The van der Waals surface area contributed by atoms with Crippen LogP contribution in [0.25, 0.3) is 0 Å². The monoisotopic (exact) mass is 1940 g/mol. The second-order valence-electron chi connectivity index (χ2n) is 50.7. The lowest BCUT2D eigenvalue weighted by atomic mass is 9.69. The largest absolute Gasteiger partial charge is 0.0914 e. The lowest BCUT2D eigenvalue weighted by Crippen LogP contribution is -2.25. The highest BCUT2D eigenvalue weighted by Crippen LogP contribution is 2.50. The first kappa shape index (κ1) is 121. The van der Waals surface area contributed by atoms with Crippen molar-refractivity contribution in [2.24, 2.45) is 166 Å². The maximum absolute atomic E-state index is 2.55. The highest BCUT2D eigenvalue weighted by Gasteiger charge is 2.38. The van der Waals surface area contributed by atoms with Crippen LogP contribution in [0.15, 0.2) is 134 Å². The SMILES string of the molecule is C/C=C/C1CCC(C2CCC(/C=C/CC)CC2)CC1.CC/C=C/C1CCC(C2CCC(/C=C/CC)CC2)CC1.CC/C=C/C1CCC(C2CCC(C)CC2)CC1.CCC/C=C/C1CCC(C2CCC(/C=C/CCC)CC2)CC1.CCC/C=C/C1CCC(C2CCC(C)CC2)CC1.CCCC/C=C/C1CCC(C2CCC(/C=C/CCCC)CC2)CC1.CCCC/C=C/C1CCC(C2CCC(C)CC2)CC1.[HH].[HH].[HH].[HH].[HH].[HH].[HH].[HH].[HH].[HH].[HH].[HH].[HH].[HH]. The van der Waals surface area contributed by atoms with Crippen LogP contribution in [-0.4, -0.2) is 0 Å². The molecule has 14 fully saturated rings. The van der Waals surface area contributed by atoms with E-state index in [9.17, 15) is 0 Å². The van der Waals surface area contributed by atoms with Gasteiger partial charge in [0.15, 0.2) is 0 Å². The predicted octanol–water partition coefficient (Wildman–Crippen LogP) is 49.4. The van der Waals surface area contributed by atoms with Crippen LogP contribution in [0, 0.1) is 166 Å². The van der Waals surface area contributed by atoms with E-state index >= 15 is 0 Å². The highest BCUT2D eigenvalue weighted by atomic mass is 14.4. The minimum Gasteiger partial charge on any atom is -0.0914 e. The minimum absolute atomic E-state index is 0. The van der Waals surface area contributed by atoms with Gasteiger partial charge in [0.05, 0.1) is 0 Å². The topological polar surface area (TPSA) is 0 Å². The summed E-state index contributed by atoms with van der Waals surface area (Å²) in [6.07, 6.45) is 162. The zero-order valence-electron chi connectivity index (χ0n) is 95.9. The van der Waals surface area contributed by atoms with Gasteiger partial charge in [-0.3, -0.25) is 0 Å². The Morgan fingerprint density at radius 1 is 0.144 bits per heavy atom. The summed E-state index contributed by atoms with van der Waals surface area (Å²) in [6.45, 7) is 32.1. The molecule has 0 unspecified atom stereocenters. The Morgan fingerprint density at radius 3 is 0.388 bits per heavy atom. The van der Waals surface area contributed by atoms with Gasteiger partial charge in [-0.15, -0.1) is 0 Å². The Hall–Kier alpha value is -2.86. The van der Waals surface area contributed by atoms with Gasteiger partial charge in [-0.05, 0) is 558 Å². The fourth-order valence-electron chi connectivity index (χ4n) is 30.0. The Labute approximate surface area is 892 Å². The second-order valence-corrected chi connectivity index (χ2v) is 50.7. The zero-order chi connectivity index (χ0) is 98.8. The third-order valence-electron chi connectivity index (χ3n) is 39.9. The van der Waals surface area contributed by atoms with E-state index in [0.717, 1.165) is 166 Å². The molecule has 0 N–H and O–H groups in total. The van der Waals surface area contributed by atoms with Gasteiger partial charge < -0.3 is 0 Å². The molecule has 0 aromatic rings. The van der Waals surface area contributed by atoms with Gasteiger partial charge >= 0.3 is 0 Å². The van der Waals surface area contributed by atoms with Crippen molar-refractivity contribution in [3.05, 3.63) is 134 Å². The van der Waals surface area contributed by atoms with Crippen LogP contribution in [0.3, 0.4) is 0 Å². The van der Waals surface area contributed by atoms with E-state index in [2.05, 4.69) is 231 Å². The van der Waals surface area contributed by atoms with E-state index in [-0.39, 0.29) is 20.0 Å². The van der Waals surface area contributed by atoms with Crippen LogP contribution in [0.2, 0.25) is 0 Å². The molecule has 826 valence electrons. The van der Waals surface area contributed by atoms with Crippen LogP contribution in [0.1, 0.15) is 598 Å². The summed E-state index contributed by atoms with van der Waals surface area (Å²) in [5.74, 6) is 27.9. The molecule has 14 rings (SSSR count). The fraction of sp³-hybridized carbons (Fsp3) is 0.842. The maximum Gasteiger partial charge on any atom is 0 e. The van der Waals surface area contributed by atoms with Crippen molar-refractivity contribution >= 4 is 0 Å². The minimum atomic E-state index is 0. The molecule has 0 atom stereocenters. The highest BCUT2D eigenvalue weighted by molar-refractivity contribution is 5.03. The van der Waals surface area contributed by atoms with Crippen molar-refractivity contribution in [1.29, 1.82) is 0 Å². The van der Waals surface area contributed by atoms with Gasteiger partial charge in [0.1, 0.15) is 0 Å². The molecule has 0 heterocycles. The summed E-state index contributed by atoms with van der Waals surface area (Å²) in [4.78, 5) is 0. The van der Waals surface area contributed by atoms with E-state index in [1.165, 1.54) is 482 Å². The molecule has 0 saturated heterocycles. The van der Waals surface area contributed by atoms with Gasteiger partial charge in [0.25, 0.3) is 0 Å². The summed E-state index contributed by atoms with van der Waals surface area (Å²) in [7, 11) is 0. The Balaban J connectivity index is -0.000000321. The van der Waals surface area contributed by atoms with E-state index < -0.39 is 0 Å². The molecule has 0 amide bonds. The molecule has 0 heteroatoms. The molecule has 0 nitrogen and oxygen atoms in total. The average Bonchev–Trinajstić information content (AvgIpc) is 0.873. The molecule has 0 radical (unpaired) electrons. The number of hydrogen-bond donors (Lipinski definition) is 0. The first-order chi connectivity index (χ1) is 68.2. The molecule has 0 aliphatic heterocycles. The second kappa shape index (κ2) is 76.6. The van der Waals surface area contributed by atoms with Gasteiger partial charge in [-0.1, -0.05) is 320 Å². The fourth-order valence-corrected chi connectivity index (χ4v) is 30.0. The number of rotatable bonds is 37. The molecule has 139 heavy (non-hydrogen) atoms. The first-order valence-corrected chi connectivity index (χ1v) is 64.5. The third-order valence-corrected chi connectivity index (χ3v) is 39.9. The third kappa shape index (κ3) is 50.8. The molecule has 0 spiro atoms. The normalized spacial score (nSPS) is 35.9. The van der Waals surface area contributed by atoms with Gasteiger partial charge in [0, 0.05) is 20.0 Å². The summed E-state index contributed by atoms with van der Waals surface area (Å²) in [5.41, 5.74) is 0. The van der Waals surface area contributed by atoms with Crippen LogP contribution in [-0.2, 0) is 0 Å². The smallest absolute Gasteiger partial charge is 0 e. The number of hydrogen-bond acceptors (Lipinski definition) is 0. The standard InChI is InChI=1S/C24H42.C22H38.C20H34.C19H34.C19H32.C18H32.C17H30.14H2/c1-3-5-7-9-11-21-13-17-23(18-14-21)24-19-15-22(16-20-24)12-10-8-6-4-2;1-3-5-7-9-19-11-15-21(16-12-19)22-17-13-20(14-18-22)10-8-6-4-2;1-3-5-7-17-9-13-19(14-10-17)20-15-11-18(12-16-20)8-6-4-2;1-3-4-5-6-7-17-10-14-19(15-11-17)18-12-8-16(2)9-13-18;1-3-5-7-17-10-14-19(15-11-17)18-12-8-16(6-4-2)9-13-18;1-3-4-5-6-16-9-13-18(14-10-16)17-11-7-15(2)8-12-17;1-3-4-5-15-8-12-17(13-9-15)16-10-6-14(2)7-11-16;;;;;;;;;;;;;;/h9-12,21-24H,3-8,13-20H2,1-2H3;7-10,19-22H,3-6,11-18H2,1-2H3;5-8,17-20H,3-4,9-16H2,1-2H3;6-7,16-19H,3-5,8-15H2,1-2H3;4-7,16-19H,3,8-15H2,1-2H3;5-6,15-18H,3-4,7-14H2,1-2H3;4-5,14-17H,3,6-13H2,1-2H3;14*1H/b11-9+,12-10+;9-7+,10-8+;7-5+,8-6+;7-6+;6-4+,7-5+;6-5+;5-4+;;;;;;;;;;;;;;. The molecule has 0 aromatic heterocycles. The van der Waals surface area contributed by atoms with E-state index in [0.29, 0.717) is 0 Å². The van der Waals surface area contributed by atoms with E-state index in [1.807, 2.05) is 0 Å². The summed E-state index contributed by atoms with van der Waals surface area (Å²) < 4.78 is 0. The number of allylic oxidation sites excluding steroid dienone is 22. The van der Waals surface area contributed by atoms with Gasteiger partial charge in [0.2, 0.25) is 0 Å². The molecule has 0 bridgehead atoms. The van der Waals surface area contributed by atoms with E-state index in [4.69, 9.17) is 0 Å².